The second-order valence-electron chi connectivity index (χ2n) is 12.4. The summed E-state index contributed by atoms with van der Waals surface area (Å²) in [5.74, 6) is 2.15. The number of amides is 1. The number of carbonyl (C=O) groups excluding carboxylic acids is 1. The van der Waals surface area contributed by atoms with Gasteiger partial charge in [0.25, 0.3) is 0 Å². The van der Waals surface area contributed by atoms with Crippen molar-refractivity contribution in [3.8, 4) is 0 Å². The molecular formula is C25H46N2O. The Morgan fingerprint density at radius 2 is 1.36 bits per heavy atom. The molecule has 0 aromatic heterocycles. The minimum atomic E-state index is -0.234. The lowest BCUT2D eigenvalue weighted by molar-refractivity contribution is -0.142. The minimum Gasteiger partial charge on any atom is -0.342 e. The Labute approximate surface area is 174 Å². The Bertz CT molecular complexity index is 516. The Balaban J connectivity index is 1.40. The van der Waals surface area contributed by atoms with Crippen molar-refractivity contribution < 1.29 is 4.79 Å². The summed E-state index contributed by atoms with van der Waals surface area (Å²) < 4.78 is 0. The van der Waals surface area contributed by atoms with Crippen LogP contribution < -0.4 is 0 Å². The molecule has 1 saturated carbocycles. The largest absolute Gasteiger partial charge is 0.342 e. The van der Waals surface area contributed by atoms with E-state index < -0.39 is 0 Å². The SMILES string of the molecule is CC(C)(C)C(=O)N1CCC2(CCC(CN3CCC(C(C)(C)C)CC3)CC2)CC1. The van der Waals surface area contributed by atoms with Crippen LogP contribution in [0.25, 0.3) is 0 Å². The summed E-state index contributed by atoms with van der Waals surface area (Å²) in [4.78, 5) is 17.5. The molecule has 1 aliphatic carbocycles. The zero-order valence-electron chi connectivity index (χ0n) is 19.6. The number of hydrogen-bond donors (Lipinski definition) is 0. The van der Waals surface area contributed by atoms with Gasteiger partial charge < -0.3 is 9.80 Å². The van der Waals surface area contributed by atoms with E-state index in [4.69, 9.17) is 0 Å². The fourth-order valence-corrected chi connectivity index (χ4v) is 5.98. The van der Waals surface area contributed by atoms with Gasteiger partial charge >= 0.3 is 0 Å². The smallest absolute Gasteiger partial charge is 0.227 e. The number of piperidine rings is 2. The Morgan fingerprint density at radius 1 is 0.821 bits per heavy atom. The van der Waals surface area contributed by atoms with Crippen LogP contribution in [0.4, 0.5) is 0 Å². The molecule has 2 saturated heterocycles. The monoisotopic (exact) mass is 390 g/mol. The van der Waals surface area contributed by atoms with E-state index in [1.54, 1.807) is 0 Å². The van der Waals surface area contributed by atoms with Gasteiger partial charge in [0.05, 0.1) is 0 Å². The van der Waals surface area contributed by atoms with E-state index in [1.165, 1.54) is 71.0 Å². The summed E-state index contributed by atoms with van der Waals surface area (Å²) in [6.07, 6.45) is 10.9. The molecule has 0 radical (unpaired) electrons. The number of carbonyl (C=O) groups is 1. The second-order valence-corrected chi connectivity index (χ2v) is 12.4. The van der Waals surface area contributed by atoms with Gasteiger partial charge in [0.2, 0.25) is 5.91 Å². The van der Waals surface area contributed by atoms with Gasteiger partial charge in [0.1, 0.15) is 0 Å². The first-order valence-corrected chi connectivity index (χ1v) is 12.0. The zero-order valence-corrected chi connectivity index (χ0v) is 19.6. The van der Waals surface area contributed by atoms with Crippen LogP contribution in [0.15, 0.2) is 0 Å². The van der Waals surface area contributed by atoms with Crippen LogP contribution in [-0.4, -0.2) is 48.4 Å². The van der Waals surface area contributed by atoms with Crippen LogP contribution in [0, 0.1) is 28.1 Å². The summed E-state index contributed by atoms with van der Waals surface area (Å²) in [7, 11) is 0. The molecule has 3 heteroatoms. The molecule has 28 heavy (non-hydrogen) atoms. The van der Waals surface area contributed by atoms with E-state index in [0.717, 1.165) is 24.9 Å². The van der Waals surface area contributed by atoms with Gasteiger partial charge in [0, 0.05) is 25.0 Å². The molecule has 3 fully saturated rings. The number of hydrogen-bond acceptors (Lipinski definition) is 2. The first-order valence-electron chi connectivity index (χ1n) is 12.0. The van der Waals surface area contributed by atoms with E-state index >= 15 is 0 Å². The van der Waals surface area contributed by atoms with Crippen LogP contribution in [0.2, 0.25) is 0 Å². The molecule has 0 unspecified atom stereocenters. The predicted octanol–water partition coefficient (Wildman–Crippen LogP) is 5.59. The third kappa shape index (κ3) is 5.32. The van der Waals surface area contributed by atoms with E-state index in [1.807, 2.05) is 0 Å². The maximum atomic E-state index is 12.6. The predicted molar refractivity (Wildman–Crippen MR) is 118 cm³/mol. The van der Waals surface area contributed by atoms with Crippen LogP contribution in [0.1, 0.15) is 92.9 Å². The fourth-order valence-electron chi connectivity index (χ4n) is 5.98. The van der Waals surface area contributed by atoms with Crippen molar-refractivity contribution >= 4 is 5.91 Å². The van der Waals surface area contributed by atoms with Crippen molar-refractivity contribution in [2.75, 3.05) is 32.7 Å². The molecule has 1 spiro atoms. The first kappa shape index (κ1) is 22.1. The van der Waals surface area contributed by atoms with Gasteiger partial charge in [-0.2, -0.15) is 0 Å². The van der Waals surface area contributed by atoms with E-state index in [-0.39, 0.29) is 5.41 Å². The van der Waals surface area contributed by atoms with Gasteiger partial charge in [-0.1, -0.05) is 41.5 Å². The van der Waals surface area contributed by atoms with Crippen LogP contribution in [0.5, 0.6) is 0 Å². The van der Waals surface area contributed by atoms with Crippen molar-refractivity contribution in [3.05, 3.63) is 0 Å². The van der Waals surface area contributed by atoms with Gasteiger partial charge in [-0.3, -0.25) is 4.79 Å². The topological polar surface area (TPSA) is 23.6 Å². The maximum Gasteiger partial charge on any atom is 0.227 e. The highest BCUT2D eigenvalue weighted by Gasteiger charge is 2.41. The Kier molecular flexibility index (Phi) is 6.54. The molecular weight excluding hydrogens is 344 g/mol. The Morgan fingerprint density at radius 3 is 1.82 bits per heavy atom. The van der Waals surface area contributed by atoms with Crippen LogP contribution in [-0.2, 0) is 4.79 Å². The quantitative estimate of drug-likeness (QED) is 0.613. The zero-order chi connectivity index (χ0) is 20.6. The minimum absolute atomic E-state index is 0.234. The fraction of sp³-hybridized carbons (Fsp3) is 0.960. The molecule has 0 atom stereocenters. The van der Waals surface area contributed by atoms with Crippen LogP contribution in [0.3, 0.4) is 0 Å². The standard InChI is InChI=1S/C25H46N2O/c1-23(2,3)21-9-15-26(16-10-21)19-20-7-11-25(12-8-20)13-17-27(18-14-25)22(28)24(4,5)6/h20-21H,7-19H2,1-6H3. The average molecular weight is 391 g/mol. The Hall–Kier alpha value is -0.570. The lowest BCUT2D eigenvalue weighted by Crippen LogP contribution is -2.48. The molecule has 1 amide bonds. The molecule has 0 N–H and O–H groups in total. The normalized spacial score (nSPS) is 26.0. The summed E-state index contributed by atoms with van der Waals surface area (Å²) >= 11 is 0. The summed E-state index contributed by atoms with van der Waals surface area (Å²) in [6, 6.07) is 0. The highest BCUT2D eigenvalue weighted by molar-refractivity contribution is 5.81. The molecule has 2 heterocycles. The average Bonchev–Trinajstić information content (AvgIpc) is 2.63. The van der Waals surface area contributed by atoms with Gasteiger partial charge in [-0.15, -0.1) is 0 Å². The maximum absolute atomic E-state index is 12.6. The molecule has 0 aromatic carbocycles. The van der Waals surface area contributed by atoms with Crippen molar-refractivity contribution in [2.24, 2.45) is 28.1 Å². The van der Waals surface area contributed by atoms with Gasteiger partial charge in [0.15, 0.2) is 0 Å². The summed E-state index contributed by atoms with van der Waals surface area (Å²) in [6.45, 7) is 19.3. The first-order chi connectivity index (χ1) is 13.0. The lowest BCUT2D eigenvalue weighted by atomic mass is 9.65. The molecule has 0 bridgehead atoms. The summed E-state index contributed by atoms with van der Waals surface area (Å²) in [5, 5.41) is 0. The third-order valence-electron chi connectivity index (χ3n) is 8.25. The summed E-state index contributed by atoms with van der Waals surface area (Å²) in [5.41, 5.74) is 0.791. The highest BCUT2D eigenvalue weighted by Crippen LogP contribution is 2.47. The molecule has 2 aliphatic heterocycles. The van der Waals surface area contributed by atoms with Gasteiger partial charge in [-0.25, -0.2) is 0 Å². The van der Waals surface area contributed by atoms with Crippen molar-refractivity contribution in [1.29, 1.82) is 0 Å². The second kappa shape index (κ2) is 8.28. The van der Waals surface area contributed by atoms with Crippen molar-refractivity contribution in [3.63, 3.8) is 0 Å². The molecule has 0 aromatic rings. The number of nitrogens with zero attached hydrogens (tertiary/aromatic N) is 2. The number of rotatable bonds is 2. The molecule has 3 aliphatic rings. The van der Waals surface area contributed by atoms with Crippen molar-refractivity contribution in [2.45, 2.75) is 92.9 Å². The highest BCUT2D eigenvalue weighted by atomic mass is 16.2. The molecule has 3 rings (SSSR count). The number of likely N-dealkylation sites (tertiary alicyclic amines) is 2. The lowest BCUT2D eigenvalue weighted by Gasteiger charge is -2.48. The van der Waals surface area contributed by atoms with Crippen molar-refractivity contribution in [1.82, 2.24) is 9.80 Å². The molecule has 3 nitrogen and oxygen atoms in total. The van der Waals surface area contributed by atoms with Crippen LogP contribution >= 0.6 is 0 Å². The molecule has 162 valence electrons. The van der Waals surface area contributed by atoms with Gasteiger partial charge in [-0.05, 0) is 87.1 Å². The van der Waals surface area contributed by atoms with E-state index in [0.29, 0.717) is 16.7 Å². The third-order valence-corrected chi connectivity index (χ3v) is 8.25. The van der Waals surface area contributed by atoms with E-state index in [9.17, 15) is 4.79 Å². The van der Waals surface area contributed by atoms with E-state index in [2.05, 4.69) is 51.3 Å².